The molecule has 1 aromatic carbocycles. The Kier molecular flexibility index (Phi) is 7.82. The standard InChI is InChI=1S/C17H19F2NO7/c1-8(13(16(24)26-2)17(25)27-3)14(15(22)23)20-12(21)7-9-4-5-10(18)11(19)6-9/h4-6,8,13-14H,7H2,1-3H3,(H,20,21)(H,22,23)/t8-,14+/m0/s1. The van der Waals surface area contributed by atoms with Crippen molar-refractivity contribution in [2.24, 2.45) is 11.8 Å². The van der Waals surface area contributed by atoms with Crippen molar-refractivity contribution < 1.29 is 42.5 Å². The second kappa shape index (κ2) is 9.60. The van der Waals surface area contributed by atoms with Gasteiger partial charge in [-0.1, -0.05) is 13.0 Å². The van der Waals surface area contributed by atoms with E-state index in [2.05, 4.69) is 14.8 Å². The van der Waals surface area contributed by atoms with Crippen molar-refractivity contribution in [1.29, 1.82) is 0 Å². The number of carbonyl (C=O) groups excluding carboxylic acids is 3. The van der Waals surface area contributed by atoms with Gasteiger partial charge in [-0.05, 0) is 17.7 Å². The zero-order valence-electron chi connectivity index (χ0n) is 14.8. The van der Waals surface area contributed by atoms with Crippen molar-refractivity contribution in [1.82, 2.24) is 5.32 Å². The molecular formula is C17H19F2NO7. The third-order valence-corrected chi connectivity index (χ3v) is 3.89. The number of carbonyl (C=O) groups is 4. The van der Waals surface area contributed by atoms with Crippen LogP contribution in [0.25, 0.3) is 0 Å². The summed E-state index contributed by atoms with van der Waals surface area (Å²) in [6.07, 6.45) is -0.436. The summed E-state index contributed by atoms with van der Waals surface area (Å²) in [5, 5.41) is 11.5. The monoisotopic (exact) mass is 387 g/mol. The van der Waals surface area contributed by atoms with Crippen LogP contribution in [0.5, 0.6) is 0 Å². The largest absolute Gasteiger partial charge is 0.480 e. The molecule has 0 fully saturated rings. The highest BCUT2D eigenvalue weighted by atomic mass is 19.2. The van der Waals surface area contributed by atoms with Gasteiger partial charge in [-0.3, -0.25) is 14.4 Å². The molecule has 0 aromatic heterocycles. The number of hydrogen-bond donors (Lipinski definition) is 2. The first-order chi connectivity index (χ1) is 12.6. The molecule has 0 aliphatic heterocycles. The van der Waals surface area contributed by atoms with Crippen molar-refractivity contribution >= 4 is 23.8 Å². The summed E-state index contributed by atoms with van der Waals surface area (Å²) in [5.41, 5.74) is 0.112. The number of carboxylic acids is 1. The molecule has 8 nitrogen and oxygen atoms in total. The van der Waals surface area contributed by atoms with Crippen LogP contribution in [0.1, 0.15) is 12.5 Å². The fraction of sp³-hybridized carbons (Fsp3) is 0.412. The molecule has 10 heteroatoms. The zero-order valence-corrected chi connectivity index (χ0v) is 14.8. The van der Waals surface area contributed by atoms with Gasteiger partial charge in [-0.2, -0.15) is 0 Å². The normalized spacial score (nSPS) is 12.8. The Labute approximate surface area is 153 Å². The summed E-state index contributed by atoms with van der Waals surface area (Å²) in [6, 6.07) is 1.17. The van der Waals surface area contributed by atoms with Crippen LogP contribution in [0.2, 0.25) is 0 Å². The van der Waals surface area contributed by atoms with Crippen LogP contribution in [-0.4, -0.2) is 49.2 Å². The lowest BCUT2D eigenvalue weighted by atomic mass is 9.87. The van der Waals surface area contributed by atoms with Crippen molar-refractivity contribution in [2.75, 3.05) is 14.2 Å². The van der Waals surface area contributed by atoms with Gasteiger partial charge >= 0.3 is 17.9 Å². The summed E-state index contributed by atoms with van der Waals surface area (Å²) in [5.74, 6) is -9.39. The van der Waals surface area contributed by atoms with Crippen LogP contribution in [0.3, 0.4) is 0 Å². The molecule has 0 saturated carbocycles. The van der Waals surface area contributed by atoms with Gasteiger partial charge in [-0.15, -0.1) is 0 Å². The lowest BCUT2D eigenvalue weighted by Gasteiger charge is -2.26. The van der Waals surface area contributed by atoms with Gasteiger partial charge in [0.05, 0.1) is 20.6 Å². The number of nitrogens with one attached hydrogen (secondary N) is 1. The number of benzene rings is 1. The van der Waals surface area contributed by atoms with Crippen LogP contribution in [0, 0.1) is 23.5 Å². The minimum atomic E-state index is -1.63. The lowest BCUT2D eigenvalue weighted by Crippen LogP contribution is -2.50. The number of methoxy groups -OCH3 is 2. The minimum absolute atomic E-state index is 0.112. The molecule has 2 atom stereocenters. The average Bonchev–Trinajstić information content (AvgIpc) is 2.62. The Hall–Kier alpha value is -3.04. The highest BCUT2D eigenvalue weighted by molar-refractivity contribution is 5.96. The molecule has 0 bridgehead atoms. The van der Waals surface area contributed by atoms with Crippen molar-refractivity contribution in [3.05, 3.63) is 35.4 Å². The molecule has 0 unspecified atom stereocenters. The Morgan fingerprint density at radius 2 is 1.63 bits per heavy atom. The maximum atomic E-state index is 13.2. The van der Waals surface area contributed by atoms with E-state index in [1.165, 1.54) is 13.0 Å². The maximum Gasteiger partial charge on any atom is 0.326 e. The van der Waals surface area contributed by atoms with Crippen molar-refractivity contribution in [2.45, 2.75) is 19.4 Å². The molecule has 0 aliphatic carbocycles. The molecule has 27 heavy (non-hydrogen) atoms. The molecular weight excluding hydrogens is 368 g/mol. The van der Waals surface area contributed by atoms with E-state index in [4.69, 9.17) is 0 Å². The summed E-state index contributed by atoms with van der Waals surface area (Å²) in [7, 11) is 2.03. The molecule has 1 rings (SSSR count). The first-order valence-corrected chi connectivity index (χ1v) is 7.74. The lowest BCUT2D eigenvalue weighted by molar-refractivity contribution is -0.163. The van der Waals surface area contributed by atoms with E-state index in [9.17, 15) is 33.1 Å². The van der Waals surface area contributed by atoms with Gasteiger partial charge in [0.1, 0.15) is 6.04 Å². The van der Waals surface area contributed by atoms with Crippen LogP contribution in [-0.2, 0) is 35.1 Å². The third-order valence-electron chi connectivity index (χ3n) is 3.89. The predicted molar refractivity (Wildman–Crippen MR) is 86.3 cm³/mol. The molecule has 0 aliphatic rings. The maximum absolute atomic E-state index is 13.2. The van der Waals surface area contributed by atoms with E-state index in [-0.39, 0.29) is 5.56 Å². The van der Waals surface area contributed by atoms with Gasteiger partial charge in [0.2, 0.25) is 5.91 Å². The number of esters is 2. The number of aliphatic carboxylic acids is 1. The molecule has 1 amide bonds. The molecule has 0 heterocycles. The number of ether oxygens (including phenoxy) is 2. The predicted octanol–water partition coefficient (Wildman–Crippen LogP) is 0.675. The molecule has 0 saturated heterocycles. The van der Waals surface area contributed by atoms with E-state index in [1.807, 2.05) is 0 Å². The van der Waals surface area contributed by atoms with Gasteiger partial charge in [-0.25, -0.2) is 13.6 Å². The van der Waals surface area contributed by atoms with Gasteiger partial charge in [0.15, 0.2) is 17.6 Å². The van der Waals surface area contributed by atoms with Crippen LogP contribution < -0.4 is 5.32 Å². The third kappa shape index (κ3) is 5.73. The van der Waals surface area contributed by atoms with Crippen molar-refractivity contribution in [3.8, 4) is 0 Å². The molecule has 0 spiro atoms. The van der Waals surface area contributed by atoms with Crippen LogP contribution in [0.15, 0.2) is 18.2 Å². The SMILES string of the molecule is COC(=O)C(C(=O)OC)[C@H](C)[C@@H](NC(=O)Cc1ccc(F)c(F)c1)C(=O)O. The number of halogens is 2. The van der Waals surface area contributed by atoms with Crippen molar-refractivity contribution in [3.63, 3.8) is 0 Å². The highest BCUT2D eigenvalue weighted by Crippen LogP contribution is 2.20. The Morgan fingerprint density at radius 3 is 2.07 bits per heavy atom. The van der Waals surface area contributed by atoms with E-state index in [1.54, 1.807) is 0 Å². The van der Waals surface area contributed by atoms with Gasteiger partial charge in [0.25, 0.3) is 0 Å². The summed E-state index contributed by atoms with van der Waals surface area (Å²) < 4.78 is 35.1. The van der Waals surface area contributed by atoms with Gasteiger partial charge in [0, 0.05) is 5.92 Å². The van der Waals surface area contributed by atoms with E-state index in [0.29, 0.717) is 0 Å². The summed E-state index contributed by atoms with van der Waals surface area (Å²) >= 11 is 0. The number of rotatable bonds is 8. The first-order valence-electron chi connectivity index (χ1n) is 7.74. The van der Waals surface area contributed by atoms with Crippen LogP contribution in [0.4, 0.5) is 8.78 Å². The molecule has 0 radical (unpaired) electrons. The Morgan fingerprint density at radius 1 is 1.07 bits per heavy atom. The Balaban J connectivity index is 2.97. The minimum Gasteiger partial charge on any atom is -0.480 e. The van der Waals surface area contributed by atoms with E-state index in [0.717, 1.165) is 26.4 Å². The number of carboxylic acid groups (broad SMARTS) is 1. The molecule has 1 aromatic rings. The summed E-state index contributed by atoms with van der Waals surface area (Å²) in [6.45, 7) is 1.26. The fourth-order valence-electron chi connectivity index (χ4n) is 2.45. The quantitative estimate of drug-likeness (QED) is 0.497. The van der Waals surface area contributed by atoms with E-state index < -0.39 is 59.7 Å². The Bertz CT molecular complexity index is 722. The average molecular weight is 387 g/mol. The second-order valence-electron chi connectivity index (χ2n) is 5.69. The fourth-order valence-corrected chi connectivity index (χ4v) is 2.45. The second-order valence-corrected chi connectivity index (χ2v) is 5.69. The number of amides is 1. The molecule has 2 N–H and O–H groups in total. The topological polar surface area (TPSA) is 119 Å². The highest BCUT2D eigenvalue weighted by Gasteiger charge is 2.41. The van der Waals surface area contributed by atoms with E-state index >= 15 is 0 Å². The first kappa shape index (κ1) is 22.0. The smallest absolute Gasteiger partial charge is 0.326 e. The van der Waals surface area contributed by atoms with Gasteiger partial charge < -0.3 is 19.9 Å². The zero-order chi connectivity index (χ0) is 20.7. The molecule has 148 valence electrons. The summed E-state index contributed by atoms with van der Waals surface area (Å²) in [4.78, 5) is 47.3. The number of hydrogen-bond acceptors (Lipinski definition) is 6. The van der Waals surface area contributed by atoms with Crippen LogP contribution >= 0.6 is 0 Å².